The Balaban J connectivity index is 0.00000243. The Morgan fingerprint density at radius 2 is 1.88 bits per heavy atom. The Labute approximate surface area is 168 Å². The quantitative estimate of drug-likeness (QED) is 0.523. The standard InChI is InChI=1S/C16H19Cl2N7.ClH/c17-11-3-1-2-10(13(11)18)14-15(19)24-12(8-22-14)25-6-4-9(5-7-25)23-16(20)21;/h1-3,8-9H,4-7H2,(H2,19,24)(H4,20,21,23);1H. The van der Waals surface area contributed by atoms with Crippen molar-refractivity contribution in [3.8, 4) is 11.3 Å². The van der Waals surface area contributed by atoms with Gasteiger partial charge in [0.1, 0.15) is 11.5 Å². The van der Waals surface area contributed by atoms with E-state index in [1.807, 2.05) is 6.07 Å². The third kappa shape index (κ3) is 4.41. The second-order valence-corrected chi connectivity index (χ2v) is 6.62. The number of aliphatic imine (C=N–C) groups is 1. The van der Waals surface area contributed by atoms with E-state index in [-0.39, 0.29) is 24.4 Å². The molecule has 2 heterocycles. The highest BCUT2D eigenvalue weighted by Gasteiger charge is 2.21. The first-order valence-corrected chi connectivity index (χ1v) is 8.62. The van der Waals surface area contributed by atoms with Gasteiger partial charge in [0.25, 0.3) is 0 Å². The Kier molecular flexibility index (Phi) is 6.75. The van der Waals surface area contributed by atoms with Crippen LogP contribution in [0.5, 0.6) is 0 Å². The molecular formula is C16H20Cl3N7. The van der Waals surface area contributed by atoms with Crippen LogP contribution in [0.3, 0.4) is 0 Å². The lowest BCUT2D eigenvalue weighted by atomic mass is 10.1. The Hall–Kier alpha value is -1.96. The lowest BCUT2D eigenvalue weighted by Gasteiger charge is -2.31. The predicted molar refractivity (Wildman–Crippen MR) is 110 cm³/mol. The van der Waals surface area contributed by atoms with Crippen molar-refractivity contribution in [2.45, 2.75) is 18.9 Å². The van der Waals surface area contributed by atoms with Gasteiger partial charge < -0.3 is 22.1 Å². The van der Waals surface area contributed by atoms with Gasteiger partial charge >= 0.3 is 0 Å². The molecule has 0 radical (unpaired) electrons. The van der Waals surface area contributed by atoms with Gasteiger partial charge in [-0.05, 0) is 18.9 Å². The molecule has 0 saturated carbocycles. The lowest BCUT2D eigenvalue weighted by molar-refractivity contribution is 0.500. The second-order valence-electron chi connectivity index (χ2n) is 5.84. The zero-order chi connectivity index (χ0) is 18.0. The molecular weight excluding hydrogens is 397 g/mol. The summed E-state index contributed by atoms with van der Waals surface area (Å²) >= 11 is 12.3. The number of nitrogens with zero attached hydrogens (tertiary/aromatic N) is 4. The molecule has 26 heavy (non-hydrogen) atoms. The maximum Gasteiger partial charge on any atom is 0.186 e. The minimum atomic E-state index is 0. The average molecular weight is 417 g/mol. The number of nitrogens with two attached hydrogens (primary N) is 3. The SMILES string of the molecule is Cl.NC(N)=NC1CCN(c2cnc(-c3cccc(Cl)c3Cl)c(N)n2)CC1. The number of hydrogen-bond acceptors (Lipinski definition) is 5. The molecule has 140 valence electrons. The van der Waals surface area contributed by atoms with Crippen molar-refractivity contribution in [2.75, 3.05) is 23.7 Å². The molecule has 1 saturated heterocycles. The van der Waals surface area contributed by atoms with Gasteiger partial charge in [0.05, 0.1) is 22.3 Å². The van der Waals surface area contributed by atoms with E-state index in [0.29, 0.717) is 27.1 Å². The normalized spacial score (nSPS) is 14.6. The summed E-state index contributed by atoms with van der Waals surface area (Å²) in [6.07, 6.45) is 3.40. The van der Waals surface area contributed by atoms with Crippen LogP contribution in [0.2, 0.25) is 10.0 Å². The van der Waals surface area contributed by atoms with Crippen molar-refractivity contribution in [2.24, 2.45) is 16.5 Å². The van der Waals surface area contributed by atoms with Crippen LogP contribution in [0.15, 0.2) is 29.4 Å². The number of piperidine rings is 1. The van der Waals surface area contributed by atoms with Crippen LogP contribution in [0.1, 0.15) is 12.8 Å². The van der Waals surface area contributed by atoms with Gasteiger partial charge in [0, 0.05) is 18.7 Å². The minimum Gasteiger partial charge on any atom is -0.382 e. The van der Waals surface area contributed by atoms with Crippen LogP contribution in [-0.4, -0.2) is 35.1 Å². The van der Waals surface area contributed by atoms with Gasteiger partial charge in [0.15, 0.2) is 11.8 Å². The van der Waals surface area contributed by atoms with Crippen molar-refractivity contribution in [3.63, 3.8) is 0 Å². The Morgan fingerprint density at radius 1 is 1.19 bits per heavy atom. The van der Waals surface area contributed by atoms with Crippen molar-refractivity contribution < 1.29 is 0 Å². The Bertz CT molecular complexity index is 800. The number of hydrogen-bond donors (Lipinski definition) is 3. The molecule has 1 aliphatic rings. The molecule has 0 amide bonds. The summed E-state index contributed by atoms with van der Waals surface area (Å²) in [4.78, 5) is 15.3. The molecule has 0 bridgehead atoms. The lowest BCUT2D eigenvalue weighted by Crippen LogP contribution is -2.37. The topological polar surface area (TPSA) is 119 Å². The molecule has 1 aliphatic heterocycles. The molecule has 7 nitrogen and oxygen atoms in total. The van der Waals surface area contributed by atoms with Crippen LogP contribution in [-0.2, 0) is 0 Å². The third-order valence-corrected chi connectivity index (χ3v) is 4.93. The molecule has 1 fully saturated rings. The summed E-state index contributed by atoms with van der Waals surface area (Å²) in [5.74, 6) is 1.17. The number of aromatic nitrogens is 2. The van der Waals surface area contributed by atoms with Gasteiger partial charge in [-0.3, -0.25) is 4.99 Å². The summed E-state index contributed by atoms with van der Waals surface area (Å²) in [5.41, 5.74) is 18.2. The molecule has 0 unspecified atom stereocenters. The fourth-order valence-corrected chi connectivity index (χ4v) is 3.27. The molecule has 1 aromatic heterocycles. The van der Waals surface area contributed by atoms with Crippen LogP contribution >= 0.6 is 35.6 Å². The van der Waals surface area contributed by atoms with E-state index in [4.69, 9.17) is 40.4 Å². The molecule has 0 spiro atoms. The molecule has 6 N–H and O–H groups in total. The van der Waals surface area contributed by atoms with Crippen molar-refractivity contribution in [1.82, 2.24) is 9.97 Å². The van der Waals surface area contributed by atoms with Gasteiger partial charge in [0.2, 0.25) is 0 Å². The van der Waals surface area contributed by atoms with Crippen LogP contribution in [0, 0.1) is 0 Å². The fraction of sp³-hybridized carbons (Fsp3) is 0.312. The monoisotopic (exact) mass is 415 g/mol. The predicted octanol–water partition coefficient (Wildman–Crippen LogP) is 2.70. The highest BCUT2D eigenvalue weighted by molar-refractivity contribution is 6.43. The van der Waals surface area contributed by atoms with E-state index in [2.05, 4.69) is 19.9 Å². The van der Waals surface area contributed by atoms with Gasteiger partial charge in [-0.2, -0.15) is 0 Å². The molecule has 10 heteroatoms. The van der Waals surface area contributed by atoms with E-state index < -0.39 is 0 Å². The minimum absolute atomic E-state index is 0. The molecule has 0 aliphatic carbocycles. The van der Waals surface area contributed by atoms with Gasteiger partial charge in [-0.15, -0.1) is 12.4 Å². The van der Waals surface area contributed by atoms with Crippen LogP contribution < -0.4 is 22.1 Å². The largest absolute Gasteiger partial charge is 0.382 e. The van der Waals surface area contributed by atoms with E-state index in [9.17, 15) is 0 Å². The highest BCUT2D eigenvalue weighted by Crippen LogP contribution is 2.35. The van der Waals surface area contributed by atoms with E-state index in [0.717, 1.165) is 31.7 Å². The summed E-state index contributed by atoms with van der Waals surface area (Å²) < 4.78 is 0. The smallest absolute Gasteiger partial charge is 0.186 e. The number of halogens is 3. The summed E-state index contributed by atoms with van der Waals surface area (Å²) in [5, 5.41) is 0.863. The number of anilines is 2. The molecule has 0 atom stereocenters. The van der Waals surface area contributed by atoms with Crippen LogP contribution in [0.25, 0.3) is 11.3 Å². The first-order valence-electron chi connectivity index (χ1n) is 7.86. The first kappa shape index (κ1) is 20.4. The summed E-state index contributed by atoms with van der Waals surface area (Å²) in [6.45, 7) is 1.57. The average Bonchev–Trinajstić information content (AvgIpc) is 2.58. The number of nitrogen functional groups attached to an aromatic ring is 1. The Morgan fingerprint density at radius 3 is 2.50 bits per heavy atom. The van der Waals surface area contributed by atoms with Crippen molar-refractivity contribution in [3.05, 3.63) is 34.4 Å². The fourth-order valence-electron chi connectivity index (χ4n) is 2.88. The van der Waals surface area contributed by atoms with Gasteiger partial charge in [-0.25, -0.2) is 9.97 Å². The summed E-state index contributed by atoms with van der Waals surface area (Å²) in [7, 11) is 0. The van der Waals surface area contributed by atoms with Crippen molar-refractivity contribution in [1.29, 1.82) is 0 Å². The van der Waals surface area contributed by atoms with E-state index >= 15 is 0 Å². The molecule has 1 aromatic carbocycles. The maximum atomic E-state index is 6.25. The summed E-state index contributed by atoms with van der Waals surface area (Å²) in [6, 6.07) is 5.48. The van der Waals surface area contributed by atoms with Crippen molar-refractivity contribution >= 4 is 53.2 Å². The maximum absolute atomic E-state index is 6.25. The zero-order valence-corrected chi connectivity index (χ0v) is 16.2. The second kappa shape index (κ2) is 8.62. The van der Waals surface area contributed by atoms with Gasteiger partial charge in [-0.1, -0.05) is 35.3 Å². The highest BCUT2D eigenvalue weighted by atomic mass is 35.5. The number of rotatable bonds is 3. The number of guanidine groups is 1. The van der Waals surface area contributed by atoms with E-state index in [1.165, 1.54) is 0 Å². The third-order valence-electron chi connectivity index (χ3n) is 4.11. The van der Waals surface area contributed by atoms with Crippen LogP contribution in [0.4, 0.5) is 11.6 Å². The molecule has 3 rings (SSSR count). The molecule has 2 aromatic rings. The van der Waals surface area contributed by atoms with E-state index in [1.54, 1.807) is 18.3 Å². The first-order chi connectivity index (χ1) is 12.0. The number of benzene rings is 1. The zero-order valence-electron chi connectivity index (χ0n) is 13.9.